The van der Waals surface area contributed by atoms with Crippen molar-refractivity contribution in [3.05, 3.63) is 92.2 Å². The molecule has 0 aliphatic heterocycles. The Kier molecular flexibility index (Phi) is 7.66. The third-order valence-corrected chi connectivity index (χ3v) is 7.10. The van der Waals surface area contributed by atoms with Crippen LogP contribution in [0.3, 0.4) is 0 Å². The van der Waals surface area contributed by atoms with Crippen LogP contribution in [0.1, 0.15) is 21.8 Å². The molecule has 0 aliphatic rings. The van der Waals surface area contributed by atoms with E-state index in [4.69, 9.17) is 14.2 Å². The highest BCUT2D eigenvalue weighted by Gasteiger charge is 2.17. The fraction of sp³-hybridized carbons (Fsp3) is 0.259. The molecule has 1 N–H and O–H groups in total. The van der Waals surface area contributed by atoms with Gasteiger partial charge in [0.2, 0.25) is 0 Å². The number of benzene rings is 2. The molecule has 0 bridgehead atoms. The average Bonchev–Trinajstić information content (AvgIpc) is 3.61. The van der Waals surface area contributed by atoms with Crippen LogP contribution >= 0.6 is 11.3 Å². The Morgan fingerprint density at radius 1 is 0.947 bits per heavy atom. The molecule has 0 radical (unpaired) electrons. The molecule has 11 heteroatoms. The molecule has 3 aromatic heterocycles. The van der Waals surface area contributed by atoms with Crippen molar-refractivity contribution in [1.29, 1.82) is 0 Å². The van der Waals surface area contributed by atoms with E-state index in [2.05, 4.69) is 31.5 Å². The van der Waals surface area contributed by atoms with Crippen LogP contribution in [-0.2, 0) is 26.2 Å². The van der Waals surface area contributed by atoms with Crippen LogP contribution in [0, 0.1) is 0 Å². The normalized spacial score (nSPS) is 11.3. The number of thiophene rings is 1. The van der Waals surface area contributed by atoms with E-state index in [9.17, 15) is 4.79 Å². The number of H-pyrrole nitrogens is 1. The van der Waals surface area contributed by atoms with Crippen molar-refractivity contribution >= 4 is 22.2 Å². The zero-order valence-corrected chi connectivity index (χ0v) is 22.2. The second-order valence-electron chi connectivity index (χ2n) is 8.74. The van der Waals surface area contributed by atoms with Gasteiger partial charge in [-0.15, -0.1) is 16.4 Å². The van der Waals surface area contributed by atoms with Crippen LogP contribution in [0.15, 0.2) is 64.8 Å². The van der Waals surface area contributed by atoms with Gasteiger partial charge in [0.05, 0.1) is 39.9 Å². The third-order valence-electron chi connectivity index (χ3n) is 6.24. The molecular weight excluding hydrogens is 504 g/mol. The summed E-state index contributed by atoms with van der Waals surface area (Å²) in [7, 11) is 4.81. The highest BCUT2D eigenvalue weighted by atomic mass is 32.1. The monoisotopic (exact) mass is 532 g/mol. The molecular formula is C27H28N6O4S. The molecule has 0 saturated heterocycles. The topological polar surface area (TPSA) is 107 Å². The molecule has 5 rings (SSSR count). The van der Waals surface area contributed by atoms with Gasteiger partial charge in [-0.2, -0.15) is 0 Å². The number of aromatic amines is 1. The summed E-state index contributed by atoms with van der Waals surface area (Å²) in [5, 5.41) is 15.3. The lowest BCUT2D eigenvalue weighted by molar-refractivity contribution is 0.238. The standard InChI is InChI=1S/C27H28N6O4S/c1-35-21-8-6-18(7-9-21)14-33-26(29-30-31-33)17-32(16-22-5-4-10-38-22)15-20-11-19-12-24(36-2)25(37-3)13-23(19)28-27(20)34/h4-13H,14-17H2,1-3H3,(H,28,34). The van der Waals surface area contributed by atoms with Crippen molar-refractivity contribution in [3.8, 4) is 17.2 Å². The van der Waals surface area contributed by atoms with Crippen molar-refractivity contribution < 1.29 is 14.2 Å². The van der Waals surface area contributed by atoms with Crippen molar-refractivity contribution in [2.75, 3.05) is 21.3 Å². The van der Waals surface area contributed by atoms with Gasteiger partial charge in [-0.1, -0.05) is 18.2 Å². The number of pyridine rings is 1. The number of hydrogen-bond donors (Lipinski definition) is 1. The summed E-state index contributed by atoms with van der Waals surface area (Å²) in [6, 6.07) is 17.5. The van der Waals surface area contributed by atoms with Crippen LogP contribution in [0.25, 0.3) is 10.9 Å². The van der Waals surface area contributed by atoms with Gasteiger partial charge in [-0.05, 0) is 51.7 Å². The number of fused-ring (bicyclic) bond motifs is 1. The number of nitrogens with zero attached hydrogens (tertiary/aromatic N) is 5. The van der Waals surface area contributed by atoms with Crippen molar-refractivity contribution in [1.82, 2.24) is 30.1 Å². The van der Waals surface area contributed by atoms with E-state index < -0.39 is 0 Å². The number of tetrazole rings is 1. The minimum Gasteiger partial charge on any atom is -0.497 e. The maximum atomic E-state index is 13.1. The average molecular weight is 533 g/mol. The largest absolute Gasteiger partial charge is 0.497 e. The number of aromatic nitrogens is 5. The summed E-state index contributed by atoms with van der Waals surface area (Å²) >= 11 is 1.67. The molecule has 196 valence electrons. The quantitative estimate of drug-likeness (QED) is 0.273. The number of ether oxygens (including phenoxy) is 3. The van der Waals surface area contributed by atoms with E-state index in [0.29, 0.717) is 54.6 Å². The second-order valence-corrected chi connectivity index (χ2v) is 9.78. The molecule has 38 heavy (non-hydrogen) atoms. The van der Waals surface area contributed by atoms with E-state index in [1.807, 2.05) is 47.8 Å². The van der Waals surface area contributed by atoms with Crippen molar-refractivity contribution in [3.63, 3.8) is 0 Å². The molecule has 0 saturated carbocycles. The third kappa shape index (κ3) is 5.68. The lowest BCUT2D eigenvalue weighted by Crippen LogP contribution is -2.27. The van der Waals surface area contributed by atoms with E-state index in [1.54, 1.807) is 43.4 Å². The Bertz CT molecular complexity index is 1560. The SMILES string of the molecule is COc1ccc(Cn2nnnc2CN(Cc2cccs2)Cc2cc3cc(OC)c(OC)cc3[nH]c2=O)cc1. The lowest BCUT2D eigenvalue weighted by Gasteiger charge is -2.21. The molecule has 0 unspecified atom stereocenters. The highest BCUT2D eigenvalue weighted by molar-refractivity contribution is 7.09. The van der Waals surface area contributed by atoms with Gasteiger partial charge in [0.15, 0.2) is 17.3 Å². The van der Waals surface area contributed by atoms with Gasteiger partial charge >= 0.3 is 0 Å². The molecule has 10 nitrogen and oxygen atoms in total. The van der Waals surface area contributed by atoms with Gasteiger partial charge < -0.3 is 19.2 Å². The first kappa shape index (κ1) is 25.4. The highest BCUT2D eigenvalue weighted by Crippen LogP contribution is 2.31. The summed E-state index contributed by atoms with van der Waals surface area (Å²) in [6.07, 6.45) is 0. The Morgan fingerprint density at radius 3 is 2.45 bits per heavy atom. The zero-order chi connectivity index (χ0) is 26.5. The minimum absolute atomic E-state index is 0.154. The lowest BCUT2D eigenvalue weighted by atomic mass is 10.1. The minimum atomic E-state index is -0.154. The van der Waals surface area contributed by atoms with Gasteiger partial charge in [-0.25, -0.2) is 4.68 Å². The molecule has 2 aromatic carbocycles. The second kappa shape index (κ2) is 11.4. The maximum absolute atomic E-state index is 13.1. The van der Waals surface area contributed by atoms with Crippen LogP contribution in [0.5, 0.6) is 17.2 Å². The van der Waals surface area contributed by atoms with Crippen molar-refractivity contribution in [2.45, 2.75) is 26.2 Å². The van der Waals surface area contributed by atoms with Crippen molar-refractivity contribution in [2.24, 2.45) is 0 Å². The predicted octanol–water partition coefficient (Wildman–Crippen LogP) is 3.85. The number of methoxy groups -OCH3 is 3. The molecule has 0 amide bonds. The van der Waals surface area contributed by atoms with Crippen LogP contribution < -0.4 is 19.8 Å². The van der Waals surface area contributed by atoms with Crippen LogP contribution in [-0.4, -0.2) is 51.4 Å². The predicted molar refractivity (Wildman–Crippen MR) is 145 cm³/mol. The first-order chi connectivity index (χ1) is 18.6. The summed E-state index contributed by atoms with van der Waals surface area (Å²) in [6.45, 7) is 2.05. The molecule has 0 aliphatic carbocycles. The van der Waals surface area contributed by atoms with Crippen LogP contribution in [0.2, 0.25) is 0 Å². The Hall–Kier alpha value is -4.22. The first-order valence-electron chi connectivity index (χ1n) is 12.0. The Morgan fingerprint density at radius 2 is 1.74 bits per heavy atom. The van der Waals surface area contributed by atoms with E-state index in [0.717, 1.165) is 16.7 Å². The fourth-order valence-corrected chi connectivity index (χ4v) is 5.04. The van der Waals surface area contributed by atoms with E-state index in [-0.39, 0.29) is 5.56 Å². The van der Waals surface area contributed by atoms with Gasteiger partial charge in [0, 0.05) is 35.0 Å². The summed E-state index contributed by atoms with van der Waals surface area (Å²) in [5.41, 5.74) is 2.22. The molecule has 3 heterocycles. The summed E-state index contributed by atoms with van der Waals surface area (Å²) in [4.78, 5) is 19.4. The Labute approximate surface area is 223 Å². The van der Waals surface area contributed by atoms with E-state index in [1.165, 1.54) is 4.88 Å². The first-order valence-corrected chi connectivity index (χ1v) is 12.8. The van der Waals surface area contributed by atoms with Gasteiger partial charge in [-0.3, -0.25) is 9.69 Å². The maximum Gasteiger partial charge on any atom is 0.252 e. The van der Waals surface area contributed by atoms with Gasteiger partial charge in [0.1, 0.15) is 5.75 Å². The Balaban J connectivity index is 1.42. The van der Waals surface area contributed by atoms with Crippen LogP contribution in [0.4, 0.5) is 0 Å². The number of rotatable bonds is 11. The summed E-state index contributed by atoms with van der Waals surface area (Å²) < 4.78 is 17.9. The number of hydrogen-bond acceptors (Lipinski definition) is 9. The summed E-state index contributed by atoms with van der Waals surface area (Å²) in [5.74, 6) is 2.67. The molecule has 0 fully saturated rings. The number of nitrogens with one attached hydrogen (secondary N) is 1. The van der Waals surface area contributed by atoms with E-state index >= 15 is 0 Å². The molecule has 0 spiro atoms. The van der Waals surface area contributed by atoms with Gasteiger partial charge in [0.25, 0.3) is 5.56 Å². The zero-order valence-electron chi connectivity index (χ0n) is 21.4. The smallest absolute Gasteiger partial charge is 0.252 e. The molecule has 0 atom stereocenters. The fourth-order valence-electron chi connectivity index (χ4n) is 4.29. The molecule has 5 aromatic rings.